The number of nitrogens with one attached hydrogen (secondary N) is 1. The smallest absolute Gasteiger partial charge is 0.274 e. The molecule has 0 saturated carbocycles. The fraction of sp³-hybridized carbons (Fsp3) is 0.353. The van der Waals surface area contributed by atoms with Crippen LogP contribution in [0.4, 0.5) is 11.5 Å². The zero-order chi connectivity index (χ0) is 16.7. The average Bonchev–Trinajstić information content (AvgIpc) is 2.60. The van der Waals surface area contributed by atoms with Crippen molar-refractivity contribution in [1.29, 1.82) is 0 Å². The molecule has 1 aromatic heterocycles. The third kappa shape index (κ3) is 4.67. The van der Waals surface area contributed by atoms with Crippen LogP contribution in [0.5, 0.6) is 5.75 Å². The number of anilines is 2. The Balaban J connectivity index is 2.06. The number of nitrogens with zero attached hydrogens (tertiary/aromatic N) is 3. The number of unbranched alkanes of at least 4 members (excludes halogenated alkanes) is 1. The molecule has 6 nitrogen and oxygen atoms in total. The number of aromatic nitrogens is 2. The van der Waals surface area contributed by atoms with Crippen LogP contribution in [-0.4, -0.2) is 36.6 Å². The molecule has 0 radical (unpaired) electrons. The number of carbonyl (C=O) groups excluding carboxylic acids is 1. The van der Waals surface area contributed by atoms with E-state index in [1.165, 1.54) is 6.33 Å². The molecule has 122 valence electrons. The first kappa shape index (κ1) is 16.7. The molecule has 0 atom stereocenters. The third-order valence-corrected chi connectivity index (χ3v) is 3.47. The van der Waals surface area contributed by atoms with Crippen molar-refractivity contribution in [3.8, 4) is 5.75 Å². The van der Waals surface area contributed by atoms with Crippen LogP contribution in [0, 0.1) is 0 Å². The molecule has 1 amide bonds. The number of rotatable bonds is 7. The van der Waals surface area contributed by atoms with E-state index in [2.05, 4.69) is 22.2 Å². The number of ether oxygens (including phenoxy) is 1. The Morgan fingerprint density at radius 1 is 1.26 bits per heavy atom. The third-order valence-electron chi connectivity index (χ3n) is 3.47. The monoisotopic (exact) mass is 314 g/mol. The van der Waals surface area contributed by atoms with Crippen molar-refractivity contribution < 1.29 is 9.53 Å². The molecule has 1 aromatic carbocycles. The first-order chi connectivity index (χ1) is 11.1. The van der Waals surface area contributed by atoms with Crippen molar-refractivity contribution in [2.24, 2.45) is 0 Å². The van der Waals surface area contributed by atoms with E-state index in [-0.39, 0.29) is 5.91 Å². The van der Waals surface area contributed by atoms with Crippen molar-refractivity contribution in [2.75, 3.05) is 30.9 Å². The molecule has 0 fully saturated rings. The highest BCUT2D eigenvalue weighted by atomic mass is 16.5. The lowest BCUT2D eigenvalue weighted by atomic mass is 10.2. The standard InChI is InChI=1S/C17H22N4O2/c1-4-5-10-21(2)16-11-15(18-12-19-16)17(22)20-13-6-8-14(23-3)9-7-13/h6-9,11-12H,4-5,10H2,1-3H3,(H,20,22). The van der Waals surface area contributed by atoms with E-state index in [1.807, 2.05) is 11.9 Å². The minimum atomic E-state index is -0.261. The van der Waals surface area contributed by atoms with Crippen LogP contribution in [0.1, 0.15) is 30.3 Å². The van der Waals surface area contributed by atoms with E-state index in [4.69, 9.17) is 4.74 Å². The summed E-state index contributed by atoms with van der Waals surface area (Å²) in [5, 5.41) is 2.82. The van der Waals surface area contributed by atoms with E-state index in [0.29, 0.717) is 11.4 Å². The van der Waals surface area contributed by atoms with Gasteiger partial charge in [0.1, 0.15) is 23.6 Å². The molecule has 0 spiro atoms. The summed E-state index contributed by atoms with van der Waals surface area (Å²) in [4.78, 5) is 22.6. The van der Waals surface area contributed by atoms with Crippen molar-refractivity contribution in [1.82, 2.24) is 9.97 Å². The molecule has 0 saturated heterocycles. The second-order valence-corrected chi connectivity index (χ2v) is 5.22. The highest BCUT2D eigenvalue weighted by Crippen LogP contribution is 2.16. The van der Waals surface area contributed by atoms with Crippen LogP contribution in [0.15, 0.2) is 36.7 Å². The van der Waals surface area contributed by atoms with Crippen LogP contribution in [-0.2, 0) is 0 Å². The summed E-state index contributed by atoms with van der Waals surface area (Å²) in [6, 6.07) is 8.85. The Kier molecular flexibility index (Phi) is 5.91. The Morgan fingerprint density at radius 2 is 2.00 bits per heavy atom. The summed E-state index contributed by atoms with van der Waals surface area (Å²) in [6.07, 6.45) is 3.61. The second kappa shape index (κ2) is 8.12. The van der Waals surface area contributed by atoms with E-state index in [9.17, 15) is 4.79 Å². The Morgan fingerprint density at radius 3 is 2.65 bits per heavy atom. The number of hydrogen-bond donors (Lipinski definition) is 1. The van der Waals surface area contributed by atoms with Gasteiger partial charge in [-0.25, -0.2) is 9.97 Å². The molecule has 0 aliphatic carbocycles. The molecule has 6 heteroatoms. The summed E-state index contributed by atoms with van der Waals surface area (Å²) in [7, 11) is 3.56. The molecule has 2 aromatic rings. The molecule has 0 aliphatic heterocycles. The fourth-order valence-electron chi connectivity index (χ4n) is 2.06. The topological polar surface area (TPSA) is 67.4 Å². The molecule has 1 N–H and O–H groups in total. The normalized spacial score (nSPS) is 10.2. The average molecular weight is 314 g/mol. The van der Waals surface area contributed by atoms with Crippen molar-refractivity contribution in [3.63, 3.8) is 0 Å². The van der Waals surface area contributed by atoms with Gasteiger partial charge >= 0.3 is 0 Å². The lowest BCUT2D eigenvalue weighted by Gasteiger charge is -2.17. The summed E-state index contributed by atoms with van der Waals surface area (Å²) in [6.45, 7) is 3.04. The number of carbonyl (C=O) groups is 1. The van der Waals surface area contributed by atoms with Gasteiger partial charge in [0.15, 0.2) is 0 Å². The first-order valence-electron chi connectivity index (χ1n) is 7.62. The summed E-state index contributed by atoms with van der Waals surface area (Å²) in [5.41, 5.74) is 1.03. The zero-order valence-electron chi connectivity index (χ0n) is 13.7. The largest absolute Gasteiger partial charge is 0.497 e. The van der Waals surface area contributed by atoms with Gasteiger partial charge in [0.25, 0.3) is 5.91 Å². The molecule has 0 bridgehead atoms. The lowest BCUT2D eigenvalue weighted by Crippen LogP contribution is -2.21. The maximum atomic E-state index is 12.3. The molecule has 23 heavy (non-hydrogen) atoms. The Labute approximate surface area is 136 Å². The van der Waals surface area contributed by atoms with Gasteiger partial charge < -0.3 is 15.0 Å². The van der Waals surface area contributed by atoms with E-state index >= 15 is 0 Å². The van der Waals surface area contributed by atoms with Crippen LogP contribution < -0.4 is 15.0 Å². The first-order valence-corrected chi connectivity index (χ1v) is 7.62. The molecule has 2 rings (SSSR count). The molecule has 0 unspecified atom stereocenters. The van der Waals surface area contributed by atoms with Crippen LogP contribution in [0.25, 0.3) is 0 Å². The van der Waals surface area contributed by atoms with Gasteiger partial charge in [0.05, 0.1) is 7.11 Å². The fourth-order valence-corrected chi connectivity index (χ4v) is 2.06. The highest BCUT2D eigenvalue weighted by molar-refractivity contribution is 6.03. The van der Waals surface area contributed by atoms with Gasteiger partial charge in [0.2, 0.25) is 0 Å². The van der Waals surface area contributed by atoms with Gasteiger partial charge in [-0.15, -0.1) is 0 Å². The van der Waals surface area contributed by atoms with Gasteiger partial charge in [-0.05, 0) is 30.7 Å². The van der Waals surface area contributed by atoms with Crippen LogP contribution in [0.3, 0.4) is 0 Å². The van der Waals surface area contributed by atoms with E-state index in [0.717, 1.165) is 31.0 Å². The predicted molar refractivity (Wildman–Crippen MR) is 91.2 cm³/mol. The van der Waals surface area contributed by atoms with Crippen molar-refractivity contribution in [2.45, 2.75) is 19.8 Å². The predicted octanol–water partition coefficient (Wildman–Crippen LogP) is 2.97. The molecular formula is C17H22N4O2. The second-order valence-electron chi connectivity index (χ2n) is 5.22. The van der Waals surface area contributed by atoms with Gasteiger partial charge in [0, 0.05) is 25.3 Å². The van der Waals surface area contributed by atoms with Crippen LogP contribution >= 0.6 is 0 Å². The van der Waals surface area contributed by atoms with Gasteiger partial charge in [-0.1, -0.05) is 13.3 Å². The Hall–Kier alpha value is -2.63. The van der Waals surface area contributed by atoms with Crippen LogP contribution in [0.2, 0.25) is 0 Å². The van der Waals surface area contributed by atoms with E-state index in [1.54, 1.807) is 37.4 Å². The Bertz CT molecular complexity index is 643. The number of methoxy groups -OCH3 is 1. The summed E-state index contributed by atoms with van der Waals surface area (Å²) >= 11 is 0. The summed E-state index contributed by atoms with van der Waals surface area (Å²) in [5.74, 6) is 1.22. The lowest BCUT2D eigenvalue weighted by molar-refractivity contribution is 0.102. The maximum Gasteiger partial charge on any atom is 0.274 e. The number of benzene rings is 1. The summed E-state index contributed by atoms with van der Waals surface area (Å²) < 4.78 is 5.09. The maximum absolute atomic E-state index is 12.3. The minimum absolute atomic E-state index is 0.261. The molecule has 0 aliphatic rings. The SMILES string of the molecule is CCCCN(C)c1cc(C(=O)Nc2ccc(OC)cc2)ncn1. The van der Waals surface area contributed by atoms with Gasteiger partial charge in [-0.3, -0.25) is 4.79 Å². The number of amides is 1. The molecular weight excluding hydrogens is 292 g/mol. The minimum Gasteiger partial charge on any atom is -0.497 e. The van der Waals surface area contributed by atoms with Gasteiger partial charge in [-0.2, -0.15) is 0 Å². The van der Waals surface area contributed by atoms with Crippen molar-refractivity contribution >= 4 is 17.4 Å². The van der Waals surface area contributed by atoms with E-state index < -0.39 is 0 Å². The highest BCUT2D eigenvalue weighted by Gasteiger charge is 2.11. The quantitative estimate of drug-likeness (QED) is 0.851. The molecule has 1 heterocycles. The van der Waals surface area contributed by atoms with Crippen molar-refractivity contribution in [3.05, 3.63) is 42.4 Å². The number of hydrogen-bond acceptors (Lipinski definition) is 5. The zero-order valence-corrected chi connectivity index (χ0v) is 13.7.